The fourth-order valence-corrected chi connectivity index (χ4v) is 4.85. The van der Waals surface area contributed by atoms with Crippen molar-refractivity contribution >= 4 is 57.9 Å². The molecule has 1 heterocycles. The van der Waals surface area contributed by atoms with Gasteiger partial charge in [0.25, 0.3) is 11.7 Å². The number of rotatable bonds is 6. The molecule has 1 atom stereocenters. The summed E-state index contributed by atoms with van der Waals surface area (Å²) in [5, 5.41) is 12.0. The van der Waals surface area contributed by atoms with Crippen molar-refractivity contribution in [3.8, 4) is 11.5 Å². The molecule has 1 aliphatic heterocycles. The summed E-state index contributed by atoms with van der Waals surface area (Å²) < 4.78 is 10.8. The van der Waals surface area contributed by atoms with E-state index in [1.807, 2.05) is 6.92 Å². The highest BCUT2D eigenvalue weighted by atomic mass is 35.5. The van der Waals surface area contributed by atoms with Gasteiger partial charge in [0, 0.05) is 16.3 Å². The molecule has 3 aromatic carbocycles. The minimum absolute atomic E-state index is 0.124. The molecule has 0 bridgehead atoms. The number of hydrogen-bond acceptors (Lipinski definition) is 5. The Morgan fingerprint density at radius 2 is 1.69 bits per heavy atom. The molecule has 1 fully saturated rings. The van der Waals surface area contributed by atoms with E-state index < -0.39 is 23.5 Å². The molecule has 9 heteroatoms. The Labute approximate surface area is 217 Å². The van der Waals surface area contributed by atoms with Gasteiger partial charge in [0.1, 0.15) is 11.5 Å². The lowest BCUT2D eigenvalue weighted by Gasteiger charge is -2.26. The molecule has 1 saturated heterocycles. The third kappa shape index (κ3) is 4.69. The molecule has 1 amide bonds. The summed E-state index contributed by atoms with van der Waals surface area (Å²) in [6.07, 6.45) is 0. The molecule has 35 heavy (non-hydrogen) atoms. The summed E-state index contributed by atoms with van der Waals surface area (Å²) in [6, 6.07) is 15.4. The average Bonchev–Trinajstić information content (AvgIpc) is 3.09. The summed E-state index contributed by atoms with van der Waals surface area (Å²) >= 11 is 18.7. The molecule has 4 rings (SSSR count). The minimum Gasteiger partial charge on any atom is -0.507 e. The maximum atomic E-state index is 13.3. The highest BCUT2D eigenvalue weighted by Gasteiger charge is 2.47. The van der Waals surface area contributed by atoms with Gasteiger partial charge in [-0.3, -0.25) is 14.5 Å². The van der Waals surface area contributed by atoms with Gasteiger partial charge in [-0.1, -0.05) is 53.0 Å². The second kappa shape index (κ2) is 10.2. The molecule has 3 aromatic rings. The van der Waals surface area contributed by atoms with Crippen molar-refractivity contribution in [2.75, 3.05) is 18.6 Å². The van der Waals surface area contributed by atoms with E-state index in [0.717, 1.165) is 0 Å². The standard InChI is InChI=1S/C26H20Cl3NO5/c1-3-35-18-9-4-6-14(10-18)22-21(23(31)15-11-19(28)25(34-2)20(29)12-15)24(32)26(33)30(22)17-8-5-7-16(27)13-17/h4-13,22,31H,3H2,1-2H3/b23-21+. The molecule has 0 aromatic heterocycles. The second-order valence-corrected chi connectivity index (χ2v) is 8.88. The molecule has 0 aliphatic carbocycles. The van der Waals surface area contributed by atoms with Gasteiger partial charge in [0.2, 0.25) is 0 Å². The lowest BCUT2D eigenvalue weighted by Crippen LogP contribution is -2.29. The summed E-state index contributed by atoms with van der Waals surface area (Å²) in [5.41, 5.74) is 0.996. The highest BCUT2D eigenvalue weighted by Crippen LogP contribution is 2.44. The number of anilines is 1. The number of Topliss-reactive ketones (excluding diaryl/α,β-unsaturated/α-hetero) is 1. The van der Waals surface area contributed by atoms with Gasteiger partial charge in [-0.15, -0.1) is 0 Å². The summed E-state index contributed by atoms with van der Waals surface area (Å²) in [4.78, 5) is 27.9. The summed E-state index contributed by atoms with van der Waals surface area (Å²) in [5.74, 6) is -1.32. The Balaban J connectivity index is 1.97. The number of nitrogens with zero attached hydrogens (tertiary/aromatic N) is 1. The van der Waals surface area contributed by atoms with Crippen LogP contribution in [0, 0.1) is 0 Å². The van der Waals surface area contributed by atoms with Crippen LogP contribution in [0.3, 0.4) is 0 Å². The first-order chi connectivity index (χ1) is 16.8. The van der Waals surface area contributed by atoms with Crippen LogP contribution in [0.15, 0.2) is 66.2 Å². The molecule has 0 spiro atoms. The minimum atomic E-state index is -0.964. The van der Waals surface area contributed by atoms with E-state index in [2.05, 4.69) is 0 Å². The van der Waals surface area contributed by atoms with E-state index in [4.69, 9.17) is 44.3 Å². The Hall–Kier alpha value is -3.19. The Bertz CT molecular complexity index is 1330. The number of aliphatic hydroxyl groups excluding tert-OH is 1. The number of ketones is 1. The van der Waals surface area contributed by atoms with Gasteiger partial charge in [-0.25, -0.2) is 0 Å². The molecule has 180 valence electrons. The normalized spacial score (nSPS) is 17.1. The maximum absolute atomic E-state index is 13.3. The first kappa shape index (κ1) is 24.9. The van der Waals surface area contributed by atoms with Crippen LogP contribution in [-0.4, -0.2) is 30.5 Å². The van der Waals surface area contributed by atoms with Gasteiger partial charge in [-0.05, 0) is 55.0 Å². The van der Waals surface area contributed by atoms with Crippen molar-refractivity contribution in [3.63, 3.8) is 0 Å². The third-order valence-corrected chi connectivity index (χ3v) is 6.29. The van der Waals surface area contributed by atoms with Crippen molar-refractivity contribution < 1.29 is 24.2 Å². The number of ether oxygens (including phenoxy) is 2. The van der Waals surface area contributed by atoms with Crippen LogP contribution in [0.4, 0.5) is 5.69 Å². The quantitative estimate of drug-likeness (QED) is 0.218. The third-order valence-electron chi connectivity index (χ3n) is 5.49. The number of halogens is 3. The lowest BCUT2D eigenvalue weighted by atomic mass is 9.95. The zero-order chi connectivity index (χ0) is 25.3. The predicted molar refractivity (Wildman–Crippen MR) is 137 cm³/mol. The van der Waals surface area contributed by atoms with Crippen LogP contribution in [-0.2, 0) is 9.59 Å². The SMILES string of the molecule is CCOc1cccc(C2/C(=C(\O)c3cc(Cl)c(OC)c(Cl)c3)C(=O)C(=O)N2c2cccc(Cl)c2)c1. The fourth-order valence-electron chi connectivity index (χ4n) is 4.03. The van der Waals surface area contributed by atoms with E-state index in [0.29, 0.717) is 28.6 Å². The fraction of sp³-hybridized carbons (Fsp3) is 0.154. The second-order valence-electron chi connectivity index (χ2n) is 7.63. The van der Waals surface area contributed by atoms with Gasteiger partial charge >= 0.3 is 0 Å². The zero-order valence-electron chi connectivity index (χ0n) is 18.7. The largest absolute Gasteiger partial charge is 0.507 e. The number of amides is 1. The molecule has 1 N–H and O–H groups in total. The van der Waals surface area contributed by atoms with Crippen LogP contribution in [0.5, 0.6) is 11.5 Å². The van der Waals surface area contributed by atoms with Gasteiger partial charge in [0.15, 0.2) is 5.75 Å². The Kier molecular flexibility index (Phi) is 7.26. The maximum Gasteiger partial charge on any atom is 0.300 e. The van der Waals surface area contributed by atoms with Crippen molar-refractivity contribution in [1.29, 1.82) is 0 Å². The molecular formula is C26H20Cl3NO5. The Morgan fingerprint density at radius 3 is 2.31 bits per heavy atom. The lowest BCUT2D eigenvalue weighted by molar-refractivity contribution is -0.132. The summed E-state index contributed by atoms with van der Waals surface area (Å²) in [7, 11) is 1.41. The molecule has 6 nitrogen and oxygen atoms in total. The molecule has 1 unspecified atom stereocenters. The molecule has 0 saturated carbocycles. The van der Waals surface area contributed by atoms with Crippen molar-refractivity contribution in [1.82, 2.24) is 0 Å². The van der Waals surface area contributed by atoms with Crippen molar-refractivity contribution in [3.05, 3.63) is 92.4 Å². The van der Waals surface area contributed by atoms with E-state index in [1.165, 1.54) is 24.1 Å². The first-order valence-electron chi connectivity index (χ1n) is 10.6. The average molecular weight is 533 g/mol. The number of aliphatic hydroxyl groups is 1. The van der Waals surface area contributed by atoms with E-state index >= 15 is 0 Å². The Morgan fingerprint density at radius 1 is 1.00 bits per heavy atom. The first-order valence-corrected chi connectivity index (χ1v) is 11.7. The monoisotopic (exact) mass is 531 g/mol. The smallest absolute Gasteiger partial charge is 0.300 e. The number of hydrogen-bond donors (Lipinski definition) is 1. The van der Waals surface area contributed by atoms with Gasteiger partial charge in [0.05, 0.1) is 35.4 Å². The summed E-state index contributed by atoms with van der Waals surface area (Å²) in [6.45, 7) is 2.28. The number of benzene rings is 3. The number of carbonyl (C=O) groups excluding carboxylic acids is 2. The number of carbonyl (C=O) groups is 2. The van der Waals surface area contributed by atoms with E-state index in [9.17, 15) is 14.7 Å². The predicted octanol–water partition coefficient (Wildman–Crippen LogP) is 6.68. The number of methoxy groups -OCH3 is 1. The van der Waals surface area contributed by atoms with Crippen molar-refractivity contribution in [2.45, 2.75) is 13.0 Å². The highest BCUT2D eigenvalue weighted by molar-refractivity contribution is 6.52. The van der Waals surface area contributed by atoms with Gasteiger partial charge in [-0.2, -0.15) is 0 Å². The van der Waals surface area contributed by atoms with Crippen molar-refractivity contribution in [2.24, 2.45) is 0 Å². The van der Waals surface area contributed by atoms with Crippen LogP contribution >= 0.6 is 34.8 Å². The van der Waals surface area contributed by atoms with Crippen LogP contribution in [0.2, 0.25) is 15.1 Å². The van der Waals surface area contributed by atoms with E-state index in [-0.39, 0.29) is 26.9 Å². The molecule has 1 aliphatic rings. The molecular weight excluding hydrogens is 513 g/mol. The van der Waals surface area contributed by atoms with Gasteiger partial charge < -0.3 is 14.6 Å². The molecule has 0 radical (unpaired) electrons. The van der Waals surface area contributed by atoms with Crippen LogP contribution in [0.1, 0.15) is 24.1 Å². The van der Waals surface area contributed by atoms with E-state index in [1.54, 1.807) is 48.5 Å². The topological polar surface area (TPSA) is 76.1 Å². The van der Waals surface area contributed by atoms with Crippen LogP contribution in [0.25, 0.3) is 5.76 Å². The van der Waals surface area contributed by atoms with Crippen LogP contribution < -0.4 is 14.4 Å². The zero-order valence-corrected chi connectivity index (χ0v) is 21.0.